The summed E-state index contributed by atoms with van der Waals surface area (Å²) in [6.07, 6.45) is 3.45. The van der Waals surface area contributed by atoms with Crippen LogP contribution in [0, 0.1) is 5.92 Å². The number of nitrogens with zero attached hydrogens (tertiary/aromatic N) is 2. The van der Waals surface area contributed by atoms with Crippen LogP contribution in [0.5, 0.6) is 5.75 Å². The van der Waals surface area contributed by atoms with Gasteiger partial charge in [0.05, 0.1) is 7.11 Å². The Morgan fingerprint density at radius 2 is 1.57 bits per heavy atom. The van der Waals surface area contributed by atoms with Crippen molar-refractivity contribution in [2.75, 3.05) is 23.1 Å². The molecule has 0 atom stereocenters. The maximum Gasteiger partial charge on any atom is 0.227 e. The number of methoxy groups -OCH3 is 1. The molecule has 1 heterocycles. The molecule has 1 amide bonds. The van der Waals surface area contributed by atoms with E-state index in [4.69, 9.17) is 4.74 Å². The lowest BCUT2D eigenvalue weighted by Crippen LogP contribution is -2.13. The normalized spacial score (nSPS) is 12.9. The van der Waals surface area contributed by atoms with Crippen LogP contribution in [0.1, 0.15) is 12.8 Å². The fraction of sp³-hybridized carbons (Fsp3) is 0.190. The van der Waals surface area contributed by atoms with Crippen molar-refractivity contribution in [3.8, 4) is 5.75 Å². The van der Waals surface area contributed by atoms with Crippen molar-refractivity contribution < 1.29 is 9.53 Å². The molecule has 7 heteroatoms. The summed E-state index contributed by atoms with van der Waals surface area (Å²) < 4.78 is 5.24. The fourth-order valence-corrected chi connectivity index (χ4v) is 2.76. The van der Waals surface area contributed by atoms with Crippen LogP contribution >= 0.6 is 0 Å². The van der Waals surface area contributed by atoms with Crippen molar-refractivity contribution in [1.82, 2.24) is 9.97 Å². The second kappa shape index (κ2) is 7.96. The van der Waals surface area contributed by atoms with Crippen molar-refractivity contribution >= 4 is 34.6 Å². The third-order valence-corrected chi connectivity index (χ3v) is 4.36. The van der Waals surface area contributed by atoms with Gasteiger partial charge in [0.2, 0.25) is 5.91 Å². The molecule has 0 aliphatic heterocycles. The number of carbonyl (C=O) groups is 1. The summed E-state index contributed by atoms with van der Waals surface area (Å²) in [6.45, 7) is 0. The van der Waals surface area contributed by atoms with Crippen LogP contribution in [0.15, 0.2) is 60.9 Å². The molecule has 1 fully saturated rings. The Morgan fingerprint density at radius 3 is 2.25 bits per heavy atom. The Labute approximate surface area is 163 Å². The summed E-state index contributed by atoms with van der Waals surface area (Å²) in [5.41, 5.74) is 2.47. The van der Waals surface area contributed by atoms with Crippen LogP contribution < -0.4 is 20.7 Å². The maximum absolute atomic E-state index is 11.9. The Morgan fingerprint density at radius 1 is 0.929 bits per heavy atom. The lowest BCUT2D eigenvalue weighted by atomic mass is 10.2. The number of benzene rings is 2. The van der Waals surface area contributed by atoms with E-state index < -0.39 is 0 Å². The molecule has 2 aromatic carbocycles. The minimum atomic E-state index is 0.0870. The molecule has 0 radical (unpaired) electrons. The van der Waals surface area contributed by atoms with Crippen molar-refractivity contribution in [2.45, 2.75) is 12.8 Å². The molecule has 0 spiro atoms. The van der Waals surface area contributed by atoms with Gasteiger partial charge in [-0.15, -0.1) is 0 Å². The zero-order valence-electron chi connectivity index (χ0n) is 15.5. The Balaban J connectivity index is 1.45. The summed E-state index contributed by atoms with van der Waals surface area (Å²) in [5, 5.41) is 9.43. The van der Waals surface area contributed by atoms with E-state index in [1.807, 2.05) is 54.6 Å². The average Bonchev–Trinajstić information content (AvgIpc) is 3.54. The highest BCUT2D eigenvalue weighted by Gasteiger charge is 2.29. The molecule has 0 unspecified atom stereocenters. The van der Waals surface area contributed by atoms with E-state index in [1.165, 1.54) is 6.33 Å². The number of hydrogen-bond acceptors (Lipinski definition) is 6. The maximum atomic E-state index is 11.9. The Bertz CT molecular complexity index is 988. The average molecular weight is 375 g/mol. The van der Waals surface area contributed by atoms with E-state index in [1.54, 1.807) is 7.11 Å². The third-order valence-electron chi connectivity index (χ3n) is 4.36. The second-order valence-corrected chi connectivity index (χ2v) is 6.61. The third kappa shape index (κ3) is 4.56. The zero-order chi connectivity index (χ0) is 19.3. The van der Waals surface area contributed by atoms with Crippen LogP contribution in [0.4, 0.5) is 28.7 Å². The summed E-state index contributed by atoms with van der Waals surface area (Å²) in [4.78, 5) is 20.5. The smallest absolute Gasteiger partial charge is 0.227 e. The Kier molecular flexibility index (Phi) is 5.05. The highest BCUT2D eigenvalue weighted by Crippen LogP contribution is 2.30. The minimum absolute atomic E-state index is 0.0870. The van der Waals surface area contributed by atoms with E-state index in [-0.39, 0.29) is 11.8 Å². The standard InChI is InChI=1S/C21H21N5O2/c1-28-18-7-3-6-17(11-18)25-20-12-19(22-13-23-20)24-15-4-2-5-16(10-15)26-21(27)14-8-9-14/h2-7,10-14H,8-9H2,1H3,(H,26,27)(H2,22,23,24,25). The SMILES string of the molecule is COc1cccc(Nc2cc(Nc3cccc(NC(=O)C4CC4)c3)ncn2)c1. The largest absolute Gasteiger partial charge is 0.497 e. The predicted octanol–water partition coefficient (Wildman–Crippen LogP) is 4.32. The van der Waals surface area contributed by atoms with Gasteiger partial charge in [-0.05, 0) is 43.2 Å². The van der Waals surface area contributed by atoms with Crippen molar-refractivity contribution in [2.24, 2.45) is 5.92 Å². The highest BCUT2D eigenvalue weighted by atomic mass is 16.5. The molecule has 28 heavy (non-hydrogen) atoms. The summed E-state index contributed by atoms with van der Waals surface area (Å²) in [6, 6.07) is 17.0. The van der Waals surface area contributed by atoms with Gasteiger partial charge in [-0.3, -0.25) is 4.79 Å². The first-order valence-corrected chi connectivity index (χ1v) is 9.11. The van der Waals surface area contributed by atoms with E-state index in [2.05, 4.69) is 25.9 Å². The number of carbonyl (C=O) groups excluding carboxylic acids is 1. The molecule has 1 aromatic heterocycles. The predicted molar refractivity (Wildman–Crippen MR) is 109 cm³/mol. The van der Waals surface area contributed by atoms with Gasteiger partial charge in [0, 0.05) is 35.1 Å². The molecule has 3 N–H and O–H groups in total. The summed E-state index contributed by atoms with van der Waals surface area (Å²) in [5.74, 6) is 2.32. The van der Waals surface area contributed by atoms with Crippen LogP contribution in [-0.4, -0.2) is 23.0 Å². The molecule has 0 saturated heterocycles. The number of hydrogen-bond donors (Lipinski definition) is 3. The molecular formula is C21H21N5O2. The van der Waals surface area contributed by atoms with Gasteiger partial charge in [-0.1, -0.05) is 12.1 Å². The van der Waals surface area contributed by atoms with Crippen molar-refractivity contribution in [1.29, 1.82) is 0 Å². The zero-order valence-corrected chi connectivity index (χ0v) is 15.5. The molecule has 1 aliphatic rings. The van der Waals surface area contributed by atoms with E-state index >= 15 is 0 Å². The van der Waals surface area contributed by atoms with Crippen molar-refractivity contribution in [3.05, 3.63) is 60.9 Å². The lowest BCUT2D eigenvalue weighted by Gasteiger charge is -2.11. The van der Waals surface area contributed by atoms with Gasteiger partial charge >= 0.3 is 0 Å². The van der Waals surface area contributed by atoms with E-state index in [0.717, 1.165) is 35.7 Å². The molecule has 1 saturated carbocycles. The number of anilines is 5. The van der Waals surface area contributed by atoms with Gasteiger partial charge in [0.1, 0.15) is 23.7 Å². The molecule has 1 aliphatic carbocycles. The molecule has 4 rings (SSSR count). The van der Waals surface area contributed by atoms with Crippen LogP contribution in [0.25, 0.3) is 0 Å². The number of amides is 1. The van der Waals surface area contributed by atoms with Gasteiger partial charge < -0.3 is 20.7 Å². The lowest BCUT2D eigenvalue weighted by molar-refractivity contribution is -0.117. The van der Waals surface area contributed by atoms with E-state index in [0.29, 0.717) is 11.6 Å². The highest BCUT2D eigenvalue weighted by molar-refractivity contribution is 5.94. The number of aromatic nitrogens is 2. The molecule has 0 bridgehead atoms. The second-order valence-electron chi connectivity index (χ2n) is 6.61. The molecule has 3 aromatic rings. The summed E-state index contributed by atoms with van der Waals surface area (Å²) >= 11 is 0. The van der Waals surface area contributed by atoms with E-state index in [9.17, 15) is 4.79 Å². The van der Waals surface area contributed by atoms with Gasteiger partial charge in [0.15, 0.2) is 0 Å². The molecule has 142 valence electrons. The Hall–Kier alpha value is -3.61. The minimum Gasteiger partial charge on any atom is -0.497 e. The topological polar surface area (TPSA) is 88.2 Å². The summed E-state index contributed by atoms with van der Waals surface area (Å²) in [7, 11) is 1.63. The van der Waals surface area contributed by atoms with Crippen molar-refractivity contribution in [3.63, 3.8) is 0 Å². The first-order valence-electron chi connectivity index (χ1n) is 9.11. The van der Waals surface area contributed by atoms with Gasteiger partial charge in [0.25, 0.3) is 0 Å². The first kappa shape index (κ1) is 17.8. The van der Waals surface area contributed by atoms with Crippen LogP contribution in [-0.2, 0) is 4.79 Å². The quantitative estimate of drug-likeness (QED) is 0.570. The fourth-order valence-electron chi connectivity index (χ4n) is 2.76. The van der Waals surface area contributed by atoms with Gasteiger partial charge in [-0.25, -0.2) is 9.97 Å². The number of rotatable bonds is 7. The van der Waals surface area contributed by atoms with Gasteiger partial charge in [-0.2, -0.15) is 0 Å². The van der Waals surface area contributed by atoms with Crippen LogP contribution in [0.2, 0.25) is 0 Å². The first-order chi connectivity index (χ1) is 13.7. The number of ether oxygens (including phenoxy) is 1. The van der Waals surface area contributed by atoms with Crippen LogP contribution in [0.3, 0.4) is 0 Å². The monoisotopic (exact) mass is 375 g/mol. The molecule has 7 nitrogen and oxygen atoms in total. The molecular weight excluding hydrogens is 354 g/mol. The number of nitrogens with one attached hydrogen (secondary N) is 3.